The highest BCUT2D eigenvalue weighted by Gasteiger charge is 2.13. The predicted octanol–water partition coefficient (Wildman–Crippen LogP) is 2.70. The van der Waals surface area contributed by atoms with Crippen LogP contribution < -0.4 is 10.5 Å². The van der Waals surface area contributed by atoms with Crippen LogP contribution in [-0.4, -0.2) is 37.2 Å². The van der Waals surface area contributed by atoms with Crippen LogP contribution in [0.2, 0.25) is 5.02 Å². The number of ether oxygens (including phenoxy) is 1. The third kappa shape index (κ3) is 4.37. The second-order valence-corrected chi connectivity index (χ2v) is 5.71. The van der Waals surface area contributed by atoms with Crippen LogP contribution in [0.5, 0.6) is 5.75 Å². The molecule has 2 rings (SSSR count). The van der Waals surface area contributed by atoms with E-state index in [2.05, 4.69) is 4.90 Å². The van der Waals surface area contributed by atoms with E-state index in [-0.39, 0.29) is 6.04 Å². The smallest absolute Gasteiger partial charge is 0.141 e. The lowest BCUT2D eigenvalue weighted by molar-refractivity contribution is 0.236. The van der Waals surface area contributed by atoms with E-state index in [9.17, 15) is 0 Å². The van der Waals surface area contributed by atoms with Gasteiger partial charge < -0.3 is 10.5 Å². The zero-order chi connectivity index (χ0) is 13.7. The maximum atomic E-state index is 6.23. The van der Waals surface area contributed by atoms with Gasteiger partial charge in [-0.15, -0.1) is 0 Å². The van der Waals surface area contributed by atoms with Crippen molar-refractivity contribution in [3.63, 3.8) is 0 Å². The first-order chi connectivity index (χ1) is 9.16. The summed E-state index contributed by atoms with van der Waals surface area (Å²) >= 11 is 6.23. The SMILES string of the molecule is CC(N)Cc1cccc(Cl)c1OCCN1CCCC1. The van der Waals surface area contributed by atoms with Crippen molar-refractivity contribution in [1.29, 1.82) is 0 Å². The van der Waals surface area contributed by atoms with Gasteiger partial charge in [0.2, 0.25) is 0 Å². The fourth-order valence-corrected chi connectivity index (χ4v) is 2.75. The average molecular weight is 283 g/mol. The van der Waals surface area contributed by atoms with Gasteiger partial charge in [-0.3, -0.25) is 4.90 Å². The highest BCUT2D eigenvalue weighted by molar-refractivity contribution is 6.32. The number of halogens is 1. The minimum absolute atomic E-state index is 0.111. The van der Waals surface area contributed by atoms with Crippen molar-refractivity contribution < 1.29 is 4.74 Å². The Morgan fingerprint density at radius 2 is 2.11 bits per heavy atom. The number of rotatable bonds is 6. The van der Waals surface area contributed by atoms with Crippen molar-refractivity contribution in [2.75, 3.05) is 26.2 Å². The molecule has 2 N–H and O–H groups in total. The Hall–Kier alpha value is -0.770. The maximum absolute atomic E-state index is 6.23. The van der Waals surface area contributed by atoms with Crippen molar-refractivity contribution in [2.45, 2.75) is 32.2 Å². The van der Waals surface area contributed by atoms with Gasteiger partial charge in [-0.1, -0.05) is 23.7 Å². The second-order valence-electron chi connectivity index (χ2n) is 5.31. The fourth-order valence-electron chi connectivity index (χ4n) is 2.51. The molecule has 0 amide bonds. The lowest BCUT2D eigenvalue weighted by atomic mass is 10.1. The Kier molecular flexibility index (Phi) is 5.49. The molecular weight excluding hydrogens is 260 g/mol. The predicted molar refractivity (Wildman–Crippen MR) is 80.0 cm³/mol. The van der Waals surface area contributed by atoms with E-state index >= 15 is 0 Å². The van der Waals surface area contributed by atoms with Gasteiger partial charge in [0.05, 0.1) is 5.02 Å². The first kappa shape index (κ1) is 14.6. The van der Waals surface area contributed by atoms with E-state index in [1.165, 1.54) is 25.9 Å². The number of benzene rings is 1. The first-order valence-corrected chi connectivity index (χ1v) is 7.42. The van der Waals surface area contributed by atoms with Crippen LogP contribution in [0.15, 0.2) is 18.2 Å². The molecule has 0 aromatic heterocycles. The van der Waals surface area contributed by atoms with Crippen LogP contribution >= 0.6 is 11.6 Å². The van der Waals surface area contributed by atoms with Gasteiger partial charge in [-0.05, 0) is 50.9 Å². The van der Waals surface area contributed by atoms with E-state index in [0.29, 0.717) is 11.6 Å². The highest BCUT2D eigenvalue weighted by Crippen LogP contribution is 2.29. The van der Waals surface area contributed by atoms with Crippen LogP contribution in [0.3, 0.4) is 0 Å². The number of nitrogens with two attached hydrogens (primary N) is 1. The third-order valence-corrected chi connectivity index (χ3v) is 3.74. The summed E-state index contributed by atoms with van der Waals surface area (Å²) in [5, 5.41) is 0.680. The maximum Gasteiger partial charge on any atom is 0.141 e. The number of hydrogen-bond donors (Lipinski definition) is 1. The van der Waals surface area contributed by atoms with Gasteiger partial charge in [0.25, 0.3) is 0 Å². The summed E-state index contributed by atoms with van der Waals surface area (Å²) in [7, 11) is 0. The molecule has 1 aromatic rings. The van der Waals surface area contributed by atoms with Crippen LogP contribution in [0.1, 0.15) is 25.3 Å². The molecule has 0 aliphatic carbocycles. The zero-order valence-electron chi connectivity index (χ0n) is 11.6. The van der Waals surface area contributed by atoms with Crippen LogP contribution in [0, 0.1) is 0 Å². The Labute approximate surface area is 120 Å². The standard InChI is InChI=1S/C15H23ClN2O/c1-12(17)11-13-5-4-6-14(16)15(13)19-10-9-18-7-2-3-8-18/h4-6,12H,2-3,7-11,17H2,1H3. The molecule has 4 heteroatoms. The minimum atomic E-state index is 0.111. The molecule has 1 atom stereocenters. The molecule has 1 aliphatic rings. The van der Waals surface area contributed by atoms with Crippen LogP contribution in [0.4, 0.5) is 0 Å². The van der Waals surface area contributed by atoms with Gasteiger partial charge in [-0.2, -0.15) is 0 Å². The normalized spacial score (nSPS) is 17.6. The molecule has 0 radical (unpaired) electrons. The van der Waals surface area contributed by atoms with Gasteiger partial charge in [0.1, 0.15) is 12.4 Å². The lowest BCUT2D eigenvalue weighted by Gasteiger charge is -2.18. The quantitative estimate of drug-likeness (QED) is 0.872. The monoisotopic (exact) mass is 282 g/mol. The molecule has 1 fully saturated rings. The fraction of sp³-hybridized carbons (Fsp3) is 0.600. The molecule has 0 saturated carbocycles. The van der Waals surface area contributed by atoms with E-state index in [4.69, 9.17) is 22.1 Å². The van der Waals surface area contributed by atoms with E-state index in [0.717, 1.165) is 24.3 Å². The molecular formula is C15H23ClN2O. The van der Waals surface area contributed by atoms with Crippen molar-refractivity contribution in [1.82, 2.24) is 4.90 Å². The Morgan fingerprint density at radius 3 is 2.79 bits per heavy atom. The molecule has 1 aromatic carbocycles. The van der Waals surface area contributed by atoms with E-state index in [1.54, 1.807) is 0 Å². The summed E-state index contributed by atoms with van der Waals surface area (Å²) in [6, 6.07) is 5.98. The molecule has 19 heavy (non-hydrogen) atoms. The molecule has 3 nitrogen and oxygen atoms in total. The summed E-state index contributed by atoms with van der Waals surface area (Å²) in [6.45, 7) is 6.05. The van der Waals surface area contributed by atoms with Crippen molar-refractivity contribution in [3.05, 3.63) is 28.8 Å². The molecule has 106 valence electrons. The van der Waals surface area contributed by atoms with Crippen molar-refractivity contribution in [3.8, 4) is 5.75 Å². The van der Waals surface area contributed by atoms with Gasteiger partial charge in [0, 0.05) is 12.6 Å². The van der Waals surface area contributed by atoms with E-state index < -0.39 is 0 Å². The average Bonchev–Trinajstić information content (AvgIpc) is 2.85. The summed E-state index contributed by atoms with van der Waals surface area (Å²) in [6.07, 6.45) is 3.41. The van der Waals surface area contributed by atoms with Crippen molar-refractivity contribution in [2.24, 2.45) is 5.73 Å². The second kappa shape index (κ2) is 7.13. The topological polar surface area (TPSA) is 38.5 Å². The Balaban J connectivity index is 1.93. The Morgan fingerprint density at radius 1 is 1.37 bits per heavy atom. The first-order valence-electron chi connectivity index (χ1n) is 7.05. The molecule has 0 spiro atoms. The summed E-state index contributed by atoms with van der Waals surface area (Å²) in [4.78, 5) is 2.43. The van der Waals surface area contributed by atoms with Crippen LogP contribution in [-0.2, 0) is 6.42 Å². The highest BCUT2D eigenvalue weighted by atomic mass is 35.5. The molecule has 1 heterocycles. The van der Waals surface area contributed by atoms with E-state index in [1.807, 2.05) is 25.1 Å². The van der Waals surface area contributed by atoms with Crippen LogP contribution in [0.25, 0.3) is 0 Å². The number of likely N-dealkylation sites (tertiary alicyclic amines) is 1. The van der Waals surface area contributed by atoms with Gasteiger partial charge in [0.15, 0.2) is 0 Å². The third-order valence-electron chi connectivity index (χ3n) is 3.44. The molecule has 1 unspecified atom stereocenters. The number of nitrogens with zero attached hydrogens (tertiary/aromatic N) is 1. The largest absolute Gasteiger partial charge is 0.490 e. The van der Waals surface area contributed by atoms with Crippen molar-refractivity contribution >= 4 is 11.6 Å². The molecule has 0 bridgehead atoms. The molecule has 1 aliphatic heterocycles. The zero-order valence-corrected chi connectivity index (χ0v) is 12.3. The summed E-state index contributed by atoms with van der Waals surface area (Å²) in [5.74, 6) is 0.806. The molecule has 1 saturated heterocycles. The number of para-hydroxylation sites is 1. The van der Waals surface area contributed by atoms with Gasteiger partial charge >= 0.3 is 0 Å². The Bertz CT molecular complexity index is 403. The minimum Gasteiger partial charge on any atom is -0.490 e. The summed E-state index contributed by atoms with van der Waals surface area (Å²) < 4.78 is 5.90. The lowest BCUT2D eigenvalue weighted by Crippen LogP contribution is -2.25. The van der Waals surface area contributed by atoms with Gasteiger partial charge in [-0.25, -0.2) is 0 Å². The number of hydrogen-bond acceptors (Lipinski definition) is 3. The summed E-state index contributed by atoms with van der Waals surface area (Å²) in [5.41, 5.74) is 6.97.